The Labute approximate surface area is 192 Å². The van der Waals surface area contributed by atoms with Gasteiger partial charge in [-0.15, -0.1) is 0 Å². The SMILES string of the molecule is CC.CC12C=CC(=O)C=C1CCC1C2=CCC2(C)C1CC(c1ccccc1)C2C(=O)CO. The van der Waals surface area contributed by atoms with E-state index in [0.29, 0.717) is 11.8 Å². The predicted octanol–water partition coefficient (Wildman–Crippen LogP) is 5.81. The molecule has 170 valence electrons. The largest absolute Gasteiger partial charge is 0.389 e. The Balaban J connectivity index is 0.00000119. The van der Waals surface area contributed by atoms with E-state index in [1.165, 1.54) is 16.7 Å². The van der Waals surface area contributed by atoms with Gasteiger partial charge in [-0.25, -0.2) is 0 Å². The number of carbonyl (C=O) groups excluding carboxylic acids is 2. The Bertz CT molecular complexity index is 985. The third-order valence-corrected chi connectivity index (χ3v) is 8.73. The number of hydrogen-bond donors (Lipinski definition) is 1. The molecule has 5 rings (SSSR count). The molecule has 0 heterocycles. The lowest BCUT2D eigenvalue weighted by atomic mass is 9.52. The number of fused-ring (bicyclic) bond motifs is 5. The first kappa shape index (κ1) is 22.9. The molecule has 3 heteroatoms. The van der Waals surface area contributed by atoms with Crippen molar-refractivity contribution >= 4 is 11.6 Å². The first-order valence-corrected chi connectivity index (χ1v) is 12.2. The number of aliphatic hydroxyl groups is 1. The van der Waals surface area contributed by atoms with E-state index in [2.05, 4.69) is 38.1 Å². The molecule has 32 heavy (non-hydrogen) atoms. The summed E-state index contributed by atoms with van der Waals surface area (Å²) in [6.45, 7) is 8.15. The molecule has 1 aromatic rings. The van der Waals surface area contributed by atoms with Crippen LogP contribution in [0.15, 0.2) is 65.8 Å². The van der Waals surface area contributed by atoms with Crippen LogP contribution < -0.4 is 0 Å². The quantitative estimate of drug-likeness (QED) is 0.613. The standard InChI is InChI=1S/C27H30O3.C2H6/c1-26-12-10-19(29)14-18(26)8-9-20-22(26)11-13-27(2)23(20)15-21(25(27)24(30)16-28)17-6-4-3-5-7-17;1-2/h3-7,10-12,14,20-21,23,25,28H,8-9,13,15-16H2,1-2H3;1-2H3. The molecule has 2 saturated carbocycles. The zero-order chi connectivity index (χ0) is 23.1. The molecular weight excluding hydrogens is 396 g/mol. The van der Waals surface area contributed by atoms with E-state index in [-0.39, 0.29) is 40.8 Å². The van der Waals surface area contributed by atoms with Crippen molar-refractivity contribution in [3.05, 3.63) is 71.3 Å². The van der Waals surface area contributed by atoms with Gasteiger partial charge in [-0.2, -0.15) is 0 Å². The highest BCUT2D eigenvalue weighted by molar-refractivity contribution is 6.01. The molecule has 1 N–H and O–H groups in total. The highest BCUT2D eigenvalue weighted by atomic mass is 16.3. The van der Waals surface area contributed by atoms with Crippen LogP contribution in [-0.2, 0) is 9.59 Å². The van der Waals surface area contributed by atoms with Crippen molar-refractivity contribution in [2.75, 3.05) is 6.61 Å². The maximum atomic E-state index is 13.0. The lowest BCUT2D eigenvalue weighted by Gasteiger charge is -2.52. The number of allylic oxidation sites excluding steroid dienone is 6. The molecule has 0 saturated heterocycles. The Hall–Kier alpha value is -2.26. The highest BCUT2D eigenvalue weighted by Gasteiger charge is 2.60. The van der Waals surface area contributed by atoms with Crippen LogP contribution in [0.2, 0.25) is 0 Å². The van der Waals surface area contributed by atoms with Gasteiger partial charge >= 0.3 is 0 Å². The monoisotopic (exact) mass is 432 g/mol. The maximum absolute atomic E-state index is 13.0. The minimum atomic E-state index is -0.382. The second kappa shape index (κ2) is 8.59. The summed E-state index contributed by atoms with van der Waals surface area (Å²) in [4.78, 5) is 25.0. The molecule has 0 aliphatic heterocycles. The van der Waals surface area contributed by atoms with Crippen molar-refractivity contribution in [2.45, 2.75) is 59.3 Å². The van der Waals surface area contributed by atoms with Crippen LogP contribution in [0, 0.1) is 28.6 Å². The Morgan fingerprint density at radius 2 is 1.84 bits per heavy atom. The molecular formula is C29H36O3. The van der Waals surface area contributed by atoms with Crippen LogP contribution in [0.4, 0.5) is 0 Å². The summed E-state index contributed by atoms with van der Waals surface area (Å²) >= 11 is 0. The van der Waals surface area contributed by atoms with Crippen LogP contribution in [0.1, 0.15) is 64.9 Å². The molecule has 2 fully saturated rings. The van der Waals surface area contributed by atoms with Crippen LogP contribution in [0.3, 0.4) is 0 Å². The van der Waals surface area contributed by atoms with Crippen LogP contribution in [-0.4, -0.2) is 23.3 Å². The van der Waals surface area contributed by atoms with Gasteiger partial charge in [-0.1, -0.05) is 74.4 Å². The fourth-order valence-electron chi connectivity index (χ4n) is 7.29. The molecule has 0 bridgehead atoms. The molecule has 4 aliphatic carbocycles. The molecule has 4 aliphatic rings. The van der Waals surface area contributed by atoms with Crippen molar-refractivity contribution in [2.24, 2.45) is 28.6 Å². The van der Waals surface area contributed by atoms with Gasteiger partial charge in [-0.3, -0.25) is 9.59 Å². The van der Waals surface area contributed by atoms with E-state index < -0.39 is 0 Å². The molecule has 6 unspecified atom stereocenters. The average molecular weight is 433 g/mol. The van der Waals surface area contributed by atoms with Crippen molar-refractivity contribution in [3.8, 4) is 0 Å². The van der Waals surface area contributed by atoms with Crippen molar-refractivity contribution in [3.63, 3.8) is 0 Å². The minimum absolute atomic E-state index is 0.0172. The Morgan fingerprint density at radius 1 is 1.12 bits per heavy atom. The zero-order valence-electron chi connectivity index (χ0n) is 19.8. The second-order valence-corrected chi connectivity index (χ2v) is 10.1. The number of ketones is 2. The maximum Gasteiger partial charge on any atom is 0.178 e. The zero-order valence-corrected chi connectivity index (χ0v) is 19.8. The van der Waals surface area contributed by atoms with Gasteiger partial charge in [0.2, 0.25) is 0 Å². The summed E-state index contributed by atoms with van der Waals surface area (Å²) in [5, 5.41) is 9.80. The number of carbonyl (C=O) groups is 2. The van der Waals surface area contributed by atoms with E-state index in [9.17, 15) is 14.7 Å². The lowest BCUT2D eigenvalue weighted by Crippen LogP contribution is -2.45. The summed E-state index contributed by atoms with van der Waals surface area (Å²) in [6, 6.07) is 10.4. The van der Waals surface area contributed by atoms with E-state index in [1.54, 1.807) is 6.08 Å². The van der Waals surface area contributed by atoms with Gasteiger partial charge in [0.25, 0.3) is 0 Å². The van der Waals surface area contributed by atoms with Gasteiger partial charge in [-0.05, 0) is 73.5 Å². The number of hydrogen-bond acceptors (Lipinski definition) is 3. The van der Waals surface area contributed by atoms with Crippen molar-refractivity contribution in [1.29, 1.82) is 0 Å². The number of aliphatic hydroxyl groups excluding tert-OH is 1. The van der Waals surface area contributed by atoms with E-state index in [1.807, 2.05) is 38.1 Å². The lowest BCUT2D eigenvalue weighted by molar-refractivity contribution is -0.130. The first-order valence-electron chi connectivity index (χ1n) is 12.2. The highest BCUT2D eigenvalue weighted by Crippen LogP contribution is 2.66. The predicted molar refractivity (Wildman–Crippen MR) is 128 cm³/mol. The van der Waals surface area contributed by atoms with Crippen LogP contribution >= 0.6 is 0 Å². The number of Topliss-reactive ketones (excluding diaryl/α,β-unsaturated/α-hetero) is 1. The van der Waals surface area contributed by atoms with Gasteiger partial charge < -0.3 is 5.11 Å². The van der Waals surface area contributed by atoms with Crippen molar-refractivity contribution < 1.29 is 14.7 Å². The second-order valence-electron chi connectivity index (χ2n) is 10.1. The number of rotatable bonds is 3. The van der Waals surface area contributed by atoms with Crippen LogP contribution in [0.5, 0.6) is 0 Å². The first-order chi connectivity index (χ1) is 15.4. The third-order valence-electron chi connectivity index (χ3n) is 8.73. The van der Waals surface area contributed by atoms with Gasteiger partial charge in [0.05, 0.1) is 0 Å². The molecule has 3 nitrogen and oxygen atoms in total. The average Bonchev–Trinajstić information content (AvgIpc) is 3.14. The van der Waals surface area contributed by atoms with Gasteiger partial charge in [0.1, 0.15) is 6.61 Å². The Kier molecular flexibility index (Phi) is 6.15. The fourth-order valence-corrected chi connectivity index (χ4v) is 7.29. The van der Waals surface area contributed by atoms with E-state index in [4.69, 9.17) is 0 Å². The molecule has 0 radical (unpaired) electrons. The van der Waals surface area contributed by atoms with Gasteiger partial charge in [0.15, 0.2) is 11.6 Å². The summed E-state index contributed by atoms with van der Waals surface area (Å²) < 4.78 is 0. The molecule has 0 spiro atoms. The topological polar surface area (TPSA) is 54.4 Å². The smallest absolute Gasteiger partial charge is 0.178 e. The molecule has 6 atom stereocenters. The van der Waals surface area contributed by atoms with E-state index >= 15 is 0 Å². The third kappa shape index (κ3) is 3.37. The molecule has 0 aromatic heterocycles. The summed E-state index contributed by atoms with van der Waals surface area (Å²) in [5.74, 6) is 0.916. The minimum Gasteiger partial charge on any atom is -0.389 e. The summed E-state index contributed by atoms with van der Waals surface area (Å²) in [5.41, 5.74) is 3.59. The Morgan fingerprint density at radius 3 is 2.53 bits per heavy atom. The summed E-state index contributed by atoms with van der Waals surface area (Å²) in [7, 11) is 0. The van der Waals surface area contributed by atoms with Crippen molar-refractivity contribution in [1.82, 2.24) is 0 Å². The summed E-state index contributed by atoms with van der Waals surface area (Å²) in [6.07, 6.45) is 11.9. The van der Waals surface area contributed by atoms with Crippen LogP contribution in [0.25, 0.3) is 0 Å². The normalized spacial score (nSPS) is 37.2. The molecule has 1 aromatic carbocycles. The van der Waals surface area contributed by atoms with E-state index in [0.717, 1.165) is 25.7 Å². The molecule has 0 amide bonds. The van der Waals surface area contributed by atoms with Gasteiger partial charge in [0, 0.05) is 11.3 Å². The fraction of sp³-hybridized carbons (Fsp3) is 0.517. The number of benzene rings is 1.